The van der Waals surface area contributed by atoms with Crippen LogP contribution in [0.4, 0.5) is 5.69 Å². The van der Waals surface area contributed by atoms with Crippen molar-refractivity contribution in [3.8, 4) is 0 Å². The lowest BCUT2D eigenvalue weighted by Gasteiger charge is -2.38. The summed E-state index contributed by atoms with van der Waals surface area (Å²) in [5, 5.41) is 1.19. The van der Waals surface area contributed by atoms with Crippen molar-refractivity contribution in [1.29, 1.82) is 0 Å². The van der Waals surface area contributed by atoms with Gasteiger partial charge in [-0.1, -0.05) is 34.7 Å². The van der Waals surface area contributed by atoms with Gasteiger partial charge in [-0.15, -0.1) is 0 Å². The van der Waals surface area contributed by atoms with Crippen LogP contribution in [0.3, 0.4) is 0 Å². The van der Waals surface area contributed by atoms with Gasteiger partial charge < -0.3 is 14.2 Å². The van der Waals surface area contributed by atoms with E-state index >= 15 is 0 Å². The van der Waals surface area contributed by atoms with Gasteiger partial charge in [-0.05, 0) is 19.2 Å². The number of hydrogen-bond donors (Lipinski definition) is 0. The number of benzene rings is 1. The van der Waals surface area contributed by atoms with Crippen molar-refractivity contribution < 1.29 is 4.42 Å². The van der Waals surface area contributed by atoms with Gasteiger partial charge in [0.2, 0.25) is 0 Å². The van der Waals surface area contributed by atoms with Gasteiger partial charge in [-0.25, -0.2) is 0 Å². The fourth-order valence-electron chi connectivity index (χ4n) is 2.34. The molecule has 0 bridgehead atoms. The predicted octanol–water partition coefficient (Wildman–Crippen LogP) is 2.95. The SMILES string of the molecule is CN1CCN(c2cccc3ccoc23)C(I)C1. The third-order valence-corrected chi connectivity index (χ3v) is 4.36. The highest BCUT2D eigenvalue weighted by Gasteiger charge is 2.24. The first-order valence-corrected chi connectivity index (χ1v) is 7.06. The predicted molar refractivity (Wildman–Crippen MR) is 78.9 cm³/mol. The first kappa shape index (κ1) is 11.3. The molecule has 0 N–H and O–H groups in total. The van der Waals surface area contributed by atoms with Gasteiger partial charge in [0.15, 0.2) is 5.58 Å². The van der Waals surface area contributed by atoms with Gasteiger partial charge in [0.05, 0.1) is 16.0 Å². The number of alkyl halides is 1. The molecule has 0 saturated carbocycles. The molecule has 0 aliphatic carbocycles. The summed E-state index contributed by atoms with van der Waals surface area (Å²) in [4.78, 5) is 4.81. The molecular formula is C13H15IN2O. The maximum Gasteiger partial charge on any atom is 0.157 e. The second kappa shape index (κ2) is 4.49. The Balaban J connectivity index is 2.00. The summed E-state index contributed by atoms with van der Waals surface area (Å²) < 4.78 is 6.12. The van der Waals surface area contributed by atoms with Gasteiger partial charge >= 0.3 is 0 Å². The highest BCUT2D eigenvalue weighted by Crippen LogP contribution is 2.31. The van der Waals surface area contributed by atoms with Crippen LogP contribution in [0.15, 0.2) is 34.9 Å². The number of nitrogens with zero attached hydrogens (tertiary/aromatic N) is 2. The molecule has 3 nitrogen and oxygen atoms in total. The van der Waals surface area contributed by atoms with Crippen molar-refractivity contribution in [1.82, 2.24) is 4.90 Å². The van der Waals surface area contributed by atoms with Gasteiger partial charge in [0, 0.05) is 25.0 Å². The van der Waals surface area contributed by atoms with E-state index in [1.807, 2.05) is 6.07 Å². The lowest BCUT2D eigenvalue weighted by molar-refractivity contribution is 0.306. The molecule has 1 aliphatic rings. The van der Waals surface area contributed by atoms with Crippen LogP contribution in [0.5, 0.6) is 0 Å². The lowest BCUT2D eigenvalue weighted by Crippen LogP contribution is -2.49. The molecule has 0 amide bonds. The van der Waals surface area contributed by atoms with E-state index in [4.69, 9.17) is 4.42 Å². The van der Waals surface area contributed by atoms with Crippen molar-refractivity contribution in [2.24, 2.45) is 0 Å². The van der Waals surface area contributed by atoms with Crippen molar-refractivity contribution in [3.05, 3.63) is 30.5 Å². The number of halogens is 1. The molecule has 1 aromatic heterocycles. The number of likely N-dealkylation sites (N-methyl/N-ethyl adjacent to an activating group) is 1. The first-order valence-electron chi connectivity index (χ1n) is 5.81. The molecule has 3 rings (SSSR count). The second-order valence-corrected chi connectivity index (χ2v) is 5.94. The smallest absolute Gasteiger partial charge is 0.157 e. The molecular weight excluding hydrogens is 327 g/mol. The number of fused-ring (bicyclic) bond motifs is 1. The standard InChI is InChI=1S/C13H15IN2O/c1-15-6-7-16(12(14)9-15)11-4-2-3-10-5-8-17-13(10)11/h2-5,8,12H,6-7,9H2,1H3. The van der Waals surface area contributed by atoms with Crippen molar-refractivity contribution in [3.63, 3.8) is 0 Å². The van der Waals surface area contributed by atoms with E-state index in [2.05, 4.69) is 57.6 Å². The summed E-state index contributed by atoms with van der Waals surface area (Å²) in [6.45, 7) is 3.26. The maximum atomic E-state index is 5.62. The van der Waals surface area contributed by atoms with E-state index in [0.29, 0.717) is 4.05 Å². The minimum absolute atomic E-state index is 0.502. The molecule has 17 heavy (non-hydrogen) atoms. The molecule has 1 saturated heterocycles. The van der Waals surface area contributed by atoms with Crippen LogP contribution in [0, 0.1) is 0 Å². The summed E-state index contributed by atoms with van der Waals surface area (Å²) in [5.41, 5.74) is 2.23. The normalized spacial score (nSPS) is 22.2. The average molecular weight is 342 g/mol. The summed E-state index contributed by atoms with van der Waals surface area (Å²) in [6, 6.07) is 8.38. The van der Waals surface area contributed by atoms with E-state index in [9.17, 15) is 0 Å². The molecule has 1 aliphatic heterocycles. The Labute approximate surface area is 115 Å². The van der Waals surface area contributed by atoms with Crippen LogP contribution in [0.2, 0.25) is 0 Å². The Hall–Kier alpha value is -0.750. The Morgan fingerprint density at radius 3 is 3.00 bits per heavy atom. The van der Waals surface area contributed by atoms with E-state index in [0.717, 1.165) is 25.2 Å². The molecule has 1 aromatic carbocycles. The summed E-state index contributed by atoms with van der Waals surface area (Å²) in [7, 11) is 2.18. The Morgan fingerprint density at radius 1 is 1.29 bits per heavy atom. The molecule has 1 unspecified atom stereocenters. The molecule has 2 heterocycles. The maximum absolute atomic E-state index is 5.62. The Bertz CT molecular complexity index is 525. The van der Waals surface area contributed by atoms with Gasteiger partial charge in [0.25, 0.3) is 0 Å². The van der Waals surface area contributed by atoms with Crippen LogP contribution >= 0.6 is 22.6 Å². The highest BCUT2D eigenvalue weighted by molar-refractivity contribution is 14.1. The van der Waals surface area contributed by atoms with Crippen LogP contribution in [0.25, 0.3) is 11.0 Å². The number of para-hydroxylation sites is 1. The number of furan rings is 1. The largest absolute Gasteiger partial charge is 0.462 e. The monoisotopic (exact) mass is 342 g/mol. The van der Waals surface area contributed by atoms with Crippen LogP contribution in [-0.4, -0.2) is 35.6 Å². The van der Waals surface area contributed by atoms with E-state index < -0.39 is 0 Å². The quantitative estimate of drug-likeness (QED) is 0.451. The van der Waals surface area contributed by atoms with E-state index in [1.165, 1.54) is 11.1 Å². The van der Waals surface area contributed by atoms with Crippen LogP contribution in [0.1, 0.15) is 0 Å². The fraction of sp³-hybridized carbons (Fsp3) is 0.385. The van der Waals surface area contributed by atoms with Crippen molar-refractivity contribution in [2.45, 2.75) is 4.05 Å². The zero-order valence-corrected chi connectivity index (χ0v) is 11.9. The number of hydrogen-bond acceptors (Lipinski definition) is 3. The van der Waals surface area contributed by atoms with E-state index in [-0.39, 0.29) is 0 Å². The number of anilines is 1. The molecule has 1 atom stereocenters. The Kier molecular flexibility index (Phi) is 3.00. The highest BCUT2D eigenvalue weighted by atomic mass is 127. The molecule has 0 radical (unpaired) electrons. The molecule has 1 fully saturated rings. The third kappa shape index (κ3) is 2.04. The summed E-state index contributed by atoms with van der Waals surface area (Å²) in [6.07, 6.45) is 1.77. The van der Waals surface area contributed by atoms with Crippen molar-refractivity contribution in [2.75, 3.05) is 31.6 Å². The van der Waals surface area contributed by atoms with E-state index in [1.54, 1.807) is 6.26 Å². The average Bonchev–Trinajstić information content (AvgIpc) is 2.77. The Morgan fingerprint density at radius 2 is 2.18 bits per heavy atom. The topological polar surface area (TPSA) is 19.6 Å². The molecule has 0 spiro atoms. The van der Waals surface area contributed by atoms with Gasteiger partial charge in [-0.3, -0.25) is 0 Å². The zero-order chi connectivity index (χ0) is 11.8. The van der Waals surface area contributed by atoms with Gasteiger partial charge in [-0.2, -0.15) is 0 Å². The molecule has 2 aromatic rings. The molecule has 4 heteroatoms. The molecule has 90 valence electrons. The van der Waals surface area contributed by atoms with Crippen molar-refractivity contribution >= 4 is 39.2 Å². The number of piperazine rings is 1. The lowest BCUT2D eigenvalue weighted by atomic mass is 10.2. The fourth-order valence-corrected chi connectivity index (χ4v) is 3.59. The summed E-state index contributed by atoms with van der Waals surface area (Å²) >= 11 is 2.51. The van der Waals surface area contributed by atoms with Gasteiger partial charge in [0.1, 0.15) is 0 Å². The second-order valence-electron chi connectivity index (χ2n) is 4.51. The van der Waals surface area contributed by atoms with Crippen LogP contribution in [-0.2, 0) is 0 Å². The number of rotatable bonds is 1. The third-order valence-electron chi connectivity index (χ3n) is 3.29. The zero-order valence-electron chi connectivity index (χ0n) is 9.77. The first-order chi connectivity index (χ1) is 8.25. The minimum Gasteiger partial charge on any atom is -0.462 e. The van der Waals surface area contributed by atoms with Crippen LogP contribution < -0.4 is 4.90 Å². The summed E-state index contributed by atoms with van der Waals surface area (Å²) in [5.74, 6) is 0. The minimum atomic E-state index is 0.502.